The summed E-state index contributed by atoms with van der Waals surface area (Å²) in [5, 5.41) is 4.30. The second kappa shape index (κ2) is 5.46. The number of anilines is 1. The molecule has 1 heterocycles. The van der Waals surface area contributed by atoms with Crippen LogP contribution in [0.1, 0.15) is 12.8 Å². The van der Waals surface area contributed by atoms with E-state index in [4.69, 9.17) is 11.6 Å². The molecule has 2 rings (SSSR count). The standard InChI is InChI=1S/C11H13BrClNS/c12-8-1-2-11(10(13)7-8)14-9-3-5-15-6-4-9/h1-2,7,9,14H,3-6H2. The summed E-state index contributed by atoms with van der Waals surface area (Å²) in [6.07, 6.45) is 2.47. The van der Waals surface area contributed by atoms with Crippen molar-refractivity contribution in [2.24, 2.45) is 0 Å². The molecule has 0 spiro atoms. The third kappa shape index (κ3) is 3.30. The van der Waals surface area contributed by atoms with E-state index in [1.807, 2.05) is 30.0 Å². The number of benzene rings is 1. The molecule has 0 aromatic heterocycles. The first-order valence-corrected chi connectivity index (χ1v) is 7.37. The number of hydrogen-bond donors (Lipinski definition) is 1. The van der Waals surface area contributed by atoms with Crippen LogP contribution in [-0.4, -0.2) is 17.5 Å². The van der Waals surface area contributed by atoms with Crippen molar-refractivity contribution < 1.29 is 0 Å². The first-order valence-electron chi connectivity index (χ1n) is 5.05. The van der Waals surface area contributed by atoms with Gasteiger partial charge in [-0.3, -0.25) is 0 Å². The summed E-state index contributed by atoms with van der Waals surface area (Å²) in [4.78, 5) is 0. The highest BCUT2D eigenvalue weighted by molar-refractivity contribution is 9.10. The van der Waals surface area contributed by atoms with Crippen molar-refractivity contribution >= 4 is 45.0 Å². The van der Waals surface area contributed by atoms with Gasteiger partial charge in [0.25, 0.3) is 0 Å². The van der Waals surface area contributed by atoms with E-state index in [0.717, 1.165) is 15.2 Å². The molecule has 1 aromatic carbocycles. The van der Waals surface area contributed by atoms with Crippen LogP contribution in [0, 0.1) is 0 Å². The van der Waals surface area contributed by atoms with Crippen LogP contribution in [0.2, 0.25) is 5.02 Å². The number of rotatable bonds is 2. The minimum absolute atomic E-state index is 0.588. The quantitative estimate of drug-likeness (QED) is 0.868. The fourth-order valence-electron chi connectivity index (χ4n) is 1.67. The maximum Gasteiger partial charge on any atom is 0.0648 e. The average Bonchev–Trinajstić information content (AvgIpc) is 2.24. The molecule has 82 valence electrons. The van der Waals surface area contributed by atoms with Gasteiger partial charge in [0.1, 0.15) is 0 Å². The molecular formula is C11H13BrClNS. The minimum Gasteiger partial charge on any atom is -0.381 e. The van der Waals surface area contributed by atoms with E-state index in [2.05, 4.69) is 21.2 Å². The van der Waals surface area contributed by atoms with Gasteiger partial charge in [0, 0.05) is 10.5 Å². The fourth-order valence-corrected chi connectivity index (χ4v) is 3.50. The maximum absolute atomic E-state index is 6.15. The van der Waals surface area contributed by atoms with Crippen molar-refractivity contribution in [1.82, 2.24) is 0 Å². The second-order valence-corrected chi connectivity index (χ2v) is 6.20. The van der Waals surface area contributed by atoms with Crippen LogP contribution >= 0.6 is 39.3 Å². The van der Waals surface area contributed by atoms with Crippen LogP contribution in [0.3, 0.4) is 0 Å². The van der Waals surface area contributed by atoms with Crippen LogP contribution in [-0.2, 0) is 0 Å². The van der Waals surface area contributed by atoms with E-state index in [0.29, 0.717) is 6.04 Å². The topological polar surface area (TPSA) is 12.0 Å². The number of halogens is 2. The Labute approximate surface area is 108 Å². The Bertz CT molecular complexity index is 339. The molecular weight excluding hydrogens is 294 g/mol. The van der Waals surface area contributed by atoms with Crippen molar-refractivity contribution in [3.8, 4) is 0 Å². The molecule has 1 aliphatic rings. The van der Waals surface area contributed by atoms with E-state index in [9.17, 15) is 0 Å². The van der Waals surface area contributed by atoms with Crippen molar-refractivity contribution in [3.63, 3.8) is 0 Å². The molecule has 1 saturated heterocycles. The zero-order valence-electron chi connectivity index (χ0n) is 8.30. The summed E-state index contributed by atoms with van der Waals surface area (Å²) in [6, 6.07) is 6.58. The molecule has 1 aromatic rings. The minimum atomic E-state index is 0.588. The molecule has 0 saturated carbocycles. The fraction of sp³-hybridized carbons (Fsp3) is 0.455. The summed E-state index contributed by atoms with van der Waals surface area (Å²) < 4.78 is 1.03. The Kier molecular flexibility index (Phi) is 4.23. The molecule has 1 aliphatic heterocycles. The Morgan fingerprint density at radius 1 is 1.33 bits per heavy atom. The van der Waals surface area contributed by atoms with Gasteiger partial charge < -0.3 is 5.32 Å². The van der Waals surface area contributed by atoms with E-state index < -0.39 is 0 Å². The molecule has 15 heavy (non-hydrogen) atoms. The van der Waals surface area contributed by atoms with Crippen molar-refractivity contribution in [2.75, 3.05) is 16.8 Å². The zero-order chi connectivity index (χ0) is 10.7. The third-order valence-corrected chi connectivity index (χ3v) is 4.37. The smallest absolute Gasteiger partial charge is 0.0648 e. The first kappa shape index (κ1) is 11.6. The average molecular weight is 307 g/mol. The highest BCUT2D eigenvalue weighted by Crippen LogP contribution is 2.28. The van der Waals surface area contributed by atoms with Gasteiger partial charge in [-0.25, -0.2) is 0 Å². The van der Waals surface area contributed by atoms with Crippen LogP contribution in [0.5, 0.6) is 0 Å². The lowest BCUT2D eigenvalue weighted by atomic mass is 10.1. The van der Waals surface area contributed by atoms with Gasteiger partial charge in [-0.2, -0.15) is 11.8 Å². The summed E-state index contributed by atoms with van der Waals surface area (Å²) in [5.74, 6) is 2.51. The normalized spacial score (nSPS) is 17.7. The summed E-state index contributed by atoms with van der Waals surface area (Å²) >= 11 is 11.6. The monoisotopic (exact) mass is 305 g/mol. The van der Waals surface area contributed by atoms with Gasteiger partial charge in [0.15, 0.2) is 0 Å². The maximum atomic E-state index is 6.15. The molecule has 1 N–H and O–H groups in total. The first-order chi connectivity index (χ1) is 7.25. The molecule has 0 atom stereocenters. The molecule has 4 heteroatoms. The lowest BCUT2D eigenvalue weighted by Gasteiger charge is -2.24. The van der Waals surface area contributed by atoms with Gasteiger partial charge in [0.05, 0.1) is 10.7 Å². The van der Waals surface area contributed by atoms with E-state index in [1.54, 1.807) is 0 Å². The highest BCUT2D eigenvalue weighted by atomic mass is 79.9. The van der Waals surface area contributed by atoms with Gasteiger partial charge >= 0.3 is 0 Å². The molecule has 0 radical (unpaired) electrons. The van der Waals surface area contributed by atoms with E-state index >= 15 is 0 Å². The van der Waals surface area contributed by atoms with Crippen molar-refractivity contribution in [1.29, 1.82) is 0 Å². The number of thioether (sulfide) groups is 1. The lowest BCUT2D eigenvalue weighted by Crippen LogP contribution is -2.24. The Balaban J connectivity index is 2.03. The molecule has 0 unspecified atom stereocenters. The summed E-state index contributed by atoms with van der Waals surface area (Å²) in [6.45, 7) is 0. The molecule has 0 bridgehead atoms. The van der Waals surface area contributed by atoms with Crippen LogP contribution in [0.25, 0.3) is 0 Å². The molecule has 0 amide bonds. The van der Waals surface area contributed by atoms with Crippen LogP contribution in [0.4, 0.5) is 5.69 Å². The Morgan fingerprint density at radius 3 is 2.73 bits per heavy atom. The van der Waals surface area contributed by atoms with Crippen LogP contribution < -0.4 is 5.32 Å². The van der Waals surface area contributed by atoms with Gasteiger partial charge in [-0.05, 0) is 42.5 Å². The Morgan fingerprint density at radius 2 is 2.07 bits per heavy atom. The zero-order valence-corrected chi connectivity index (χ0v) is 11.5. The Hall–Kier alpha value is 0.140. The van der Waals surface area contributed by atoms with Crippen molar-refractivity contribution in [3.05, 3.63) is 27.7 Å². The van der Waals surface area contributed by atoms with Gasteiger partial charge in [-0.15, -0.1) is 0 Å². The lowest BCUT2D eigenvalue weighted by molar-refractivity contribution is 0.667. The third-order valence-electron chi connectivity index (χ3n) is 2.51. The predicted molar refractivity (Wildman–Crippen MR) is 73.1 cm³/mol. The van der Waals surface area contributed by atoms with E-state index in [-0.39, 0.29) is 0 Å². The van der Waals surface area contributed by atoms with Gasteiger partial charge in [-0.1, -0.05) is 27.5 Å². The second-order valence-electron chi connectivity index (χ2n) is 3.66. The van der Waals surface area contributed by atoms with E-state index in [1.165, 1.54) is 24.3 Å². The highest BCUT2D eigenvalue weighted by Gasteiger charge is 2.14. The SMILES string of the molecule is Clc1cc(Br)ccc1NC1CCSCC1. The molecule has 1 fully saturated rings. The summed E-state index contributed by atoms with van der Waals surface area (Å²) in [5.41, 5.74) is 1.05. The number of nitrogens with one attached hydrogen (secondary N) is 1. The van der Waals surface area contributed by atoms with Crippen molar-refractivity contribution in [2.45, 2.75) is 18.9 Å². The largest absolute Gasteiger partial charge is 0.381 e. The predicted octanol–water partition coefficient (Wildman–Crippen LogP) is 4.41. The summed E-state index contributed by atoms with van der Waals surface area (Å²) in [7, 11) is 0. The number of hydrogen-bond acceptors (Lipinski definition) is 2. The van der Waals surface area contributed by atoms with Gasteiger partial charge in [0.2, 0.25) is 0 Å². The molecule has 0 aliphatic carbocycles. The molecule has 1 nitrogen and oxygen atoms in total. The van der Waals surface area contributed by atoms with Crippen LogP contribution in [0.15, 0.2) is 22.7 Å².